The Hall–Kier alpha value is -3.46. The maximum absolute atomic E-state index is 13.1. The number of carbonyl (C=O) groups excluding carboxylic acids is 1. The standard InChI is InChI=1S/C23H22FN5O2S/c1-4-19(21(30)25-17-8-6-16(24)7-9-17)32-23-27-26-20-22(31)28(11-12-29(20)23)18-10-5-14(2)15(3)13-18/h5-13,19H,4H2,1-3H3,(H,25,30)/t19-/m0/s1. The third kappa shape index (κ3) is 4.29. The molecular weight excluding hydrogens is 429 g/mol. The van der Waals surface area contributed by atoms with Crippen molar-refractivity contribution in [3.05, 3.63) is 82.2 Å². The molecule has 1 amide bonds. The molecule has 0 unspecified atom stereocenters. The molecule has 0 saturated carbocycles. The molecule has 0 fully saturated rings. The first-order valence-electron chi connectivity index (χ1n) is 10.1. The number of thioether (sulfide) groups is 1. The summed E-state index contributed by atoms with van der Waals surface area (Å²) in [7, 11) is 0. The van der Waals surface area contributed by atoms with Gasteiger partial charge in [-0.1, -0.05) is 24.8 Å². The summed E-state index contributed by atoms with van der Waals surface area (Å²) in [4.78, 5) is 25.7. The number of aryl methyl sites for hydroxylation is 2. The molecule has 0 aliphatic carbocycles. The van der Waals surface area contributed by atoms with E-state index in [1.807, 2.05) is 39.0 Å². The lowest BCUT2D eigenvalue weighted by molar-refractivity contribution is -0.115. The van der Waals surface area contributed by atoms with Crippen LogP contribution in [0.1, 0.15) is 24.5 Å². The van der Waals surface area contributed by atoms with E-state index < -0.39 is 5.25 Å². The summed E-state index contributed by atoms with van der Waals surface area (Å²) < 4.78 is 16.2. The molecule has 0 radical (unpaired) electrons. The average molecular weight is 452 g/mol. The summed E-state index contributed by atoms with van der Waals surface area (Å²) in [6.45, 7) is 5.90. The highest BCUT2D eigenvalue weighted by Crippen LogP contribution is 2.25. The topological polar surface area (TPSA) is 81.3 Å². The Kier molecular flexibility index (Phi) is 6.09. The summed E-state index contributed by atoms with van der Waals surface area (Å²) in [5.41, 5.74) is 3.39. The van der Waals surface area contributed by atoms with Gasteiger partial charge in [-0.25, -0.2) is 4.39 Å². The van der Waals surface area contributed by atoms with Gasteiger partial charge in [0.05, 0.1) is 5.25 Å². The van der Waals surface area contributed by atoms with Gasteiger partial charge in [-0.05, 0) is 67.8 Å². The maximum Gasteiger partial charge on any atom is 0.300 e. The molecule has 32 heavy (non-hydrogen) atoms. The van der Waals surface area contributed by atoms with Gasteiger partial charge in [0.1, 0.15) is 5.82 Å². The zero-order valence-electron chi connectivity index (χ0n) is 17.9. The fourth-order valence-corrected chi connectivity index (χ4v) is 4.17. The van der Waals surface area contributed by atoms with Gasteiger partial charge in [0.25, 0.3) is 0 Å². The molecule has 1 N–H and O–H groups in total. The minimum absolute atomic E-state index is 0.182. The first-order valence-corrected chi connectivity index (χ1v) is 11.0. The number of hydrogen-bond donors (Lipinski definition) is 1. The van der Waals surface area contributed by atoms with Crippen LogP contribution in [0.15, 0.2) is 64.8 Å². The SMILES string of the molecule is CC[C@H](Sc1nnc2c(=O)n(-c3ccc(C)c(C)c3)ccn12)C(=O)Nc1ccc(F)cc1. The predicted molar refractivity (Wildman–Crippen MR) is 123 cm³/mol. The highest BCUT2D eigenvalue weighted by Gasteiger charge is 2.22. The van der Waals surface area contributed by atoms with Gasteiger partial charge in [0.15, 0.2) is 5.16 Å². The van der Waals surface area contributed by atoms with E-state index in [2.05, 4.69) is 15.5 Å². The zero-order valence-corrected chi connectivity index (χ0v) is 18.7. The van der Waals surface area contributed by atoms with Crippen LogP contribution in [0.2, 0.25) is 0 Å². The molecule has 2 aromatic heterocycles. The molecule has 9 heteroatoms. The molecule has 1 atom stereocenters. The quantitative estimate of drug-likeness (QED) is 0.446. The molecule has 4 aromatic rings. The number of rotatable bonds is 6. The number of anilines is 1. The molecule has 0 aliphatic rings. The van der Waals surface area contributed by atoms with Gasteiger partial charge in [0, 0.05) is 23.8 Å². The van der Waals surface area contributed by atoms with Crippen molar-refractivity contribution in [3.63, 3.8) is 0 Å². The lowest BCUT2D eigenvalue weighted by Gasteiger charge is -2.14. The van der Waals surface area contributed by atoms with E-state index in [4.69, 9.17) is 0 Å². The normalized spacial score (nSPS) is 12.1. The number of nitrogens with zero attached hydrogens (tertiary/aromatic N) is 4. The van der Waals surface area contributed by atoms with E-state index >= 15 is 0 Å². The van der Waals surface area contributed by atoms with Gasteiger partial charge in [0.2, 0.25) is 11.6 Å². The number of amides is 1. The van der Waals surface area contributed by atoms with Gasteiger partial charge in [-0.2, -0.15) is 0 Å². The van der Waals surface area contributed by atoms with Crippen LogP contribution >= 0.6 is 11.8 Å². The molecule has 2 aromatic carbocycles. The van der Waals surface area contributed by atoms with Crippen molar-refractivity contribution in [2.24, 2.45) is 0 Å². The Morgan fingerprint density at radius 1 is 1.09 bits per heavy atom. The second-order valence-corrected chi connectivity index (χ2v) is 8.60. The minimum Gasteiger partial charge on any atom is -0.325 e. The molecule has 0 spiro atoms. The Balaban J connectivity index is 1.59. The average Bonchev–Trinajstić information content (AvgIpc) is 3.19. The number of halogens is 1. The van der Waals surface area contributed by atoms with Crippen molar-refractivity contribution < 1.29 is 9.18 Å². The van der Waals surface area contributed by atoms with Crippen LogP contribution in [0.25, 0.3) is 11.3 Å². The van der Waals surface area contributed by atoms with Crippen molar-refractivity contribution in [1.29, 1.82) is 0 Å². The summed E-state index contributed by atoms with van der Waals surface area (Å²) in [5, 5.41) is 11.0. The highest BCUT2D eigenvalue weighted by atomic mass is 32.2. The molecule has 0 bridgehead atoms. The van der Waals surface area contributed by atoms with Gasteiger partial charge >= 0.3 is 5.56 Å². The van der Waals surface area contributed by atoms with E-state index in [0.29, 0.717) is 17.3 Å². The molecule has 7 nitrogen and oxygen atoms in total. The Morgan fingerprint density at radius 2 is 1.84 bits per heavy atom. The number of hydrogen-bond acceptors (Lipinski definition) is 5. The lowest BCUT2D eigenvalue weighted by atomic mass is 10.1. The lowest BCUT2D eigenvalue weighted by Crippen LogP contribution is -2.25. The number of aromatic nitrogens is 4. The summed E-state index contributed by atoms with van der Waals surface area (Å²) >= 11 is 1.23. The zero-order chi connectivity index (χ0) is 22.8. The molecule has 0 saturated heterocycles. The van der Waals surface area contributed by atoms with Crippen LogP contribution in [0.4, 0.5) is 10.1 Å². The molecule has 2 heterocycles. The molecule has 164 valence electrons. The van der Waals surface area contributed by atoms with Crippen LogP contribution in [-0.2, 0) is 4.79 Å². The largest absolute Gasteiger partial charge is 0.325 e. The predicted octanol–water partition coefficient (Wildman–Crippen LogP) is 4.15. The number of carbonyl (C=O) groups is 1. The second kappa shape index (κ2) is 8.96. The number of fused-ring (bicyclic) bond motifs is 1. The first kappa shape index (κ1) is 21.8. The van der Waals surface area contributed by atoms with Crippen LogP contribution < -0.4 is 10.9 Å². The van der Waals surface area contributed by atoms with Crippen molar-refractivity contribution in [1.82, 2.24) is 19.2 Å². The van der Waals surface area contributed by atoms with E-state index in [1.165, 1.54) is 40.6 Å². The van der Waals surface area contributed by atoms with Gasteiger partial charge in [-0.3, -0.25) is 18.6 Å². The van der Waals surface area contributed by atoms with E-state index in [-0.39, 0.29) is 22.9 Å². The number of nitrogens with one attached hydrogen (secondary N) is 1. The van der Waals surface area contributed by atoms with E-state index in [0.717, 1.165) is 16.8 Å². The first-order chi connectivity index (χ1) is 15.4. The minimum atomic E-state index is -0.463. The van der Waals surface area contributed by atoms with Crippen LogP contribution in [0.3, 0.4) is 0 Å². The summed E-state index contributed by atoms with van der Waals surface area (Å²) in [5.74, 6) is -0.602. The monoisotopic (exact) mass is 451 g/mol. The van der Waals surface area contributed by atoms with Crippen LogP contribution in [-0.4, -0.2) is 30.3 Å². The van der Waals surface area contributed by atoms with Gasteiger partial charge < -0.3 is 5.32 Å². The van der Waals surface area contributed by atoms with Crippen molar-refractivity contribution >= 4 is 29.0 Å². The third-order valence-corrected chi connectivity index (χ3v) is 6.55. The second-order valence-electron chi connectivity index (χ2n) is 7.43. The Morgan fingerprint density at radius 3 is 2.53 bits per heavy atom. The fourth-order valence-electron chi connectivity index (χ4n) is 3.23. The van der Waals surface area contributed by atoms with E-state index in [1.54, 1.807) is 16.8 Å². The molecule has 0 aliphatic heterocycles. The molecule has 4 rings (SSSR count). The molecular formula is C23H22FN5O2S. The van der Waals surface area contributed by atoms with Gasteiger partial charge in [-0.15, -0.1) is 10.2 Å². The third-order valence-electron chi connectivity index (χ3n) is 5.23. The maximum atomic E-state index is 13.1. The van der Waals surface area contributed by atoms with Crippen LogP contribution in [0.5, 0.6) is 0 Å². The summed E-state index contributed by atoms with van der Waals surface area (Å²) in [6.07, 6.45) is 3.93. The van der Waals surface area contributed by atoms with Crippen LogP contribution in [0, 0.1) is 19.7 Å². The fraction of sp³-hybridized carbons (Fsp3) is 0.217. The van der Waals surface area contributed by atoms with Crippen molar-refractivity contribution in [3.8, 4) is 5.69 Å². The highest BCUT2D eigenvalue weighted by molar-refractivity contribution is 8.00. The number of benzene rings is 2. The summed E-state index contributed by atoms with van der Waals surface area (Å²) in [6, 6.07) is 11.4. The Bertz CT molecular complexity index is 1350. The Labute approximate surface area is 188 Å². The van der Waals surface area contributed by atoms with Crippen molar-refractivity contribution in [2.75, 3.05) is 5.32 Å². The smallest absolute Gasteiger partial charge is 0.300 e. The van der Waals surface area contributed by atoms with E-state index in [9.17, 15) is 14.0 Å². The van der Waals surface area contributed by atoms with Crippen molar-refractivity contribution in [2.45, 2.75) is 37.6 Å².